The molecule has 4 heteroatoms. The molecular formula is C16H15FINO. The second-order valence-corrected chi connectivity index (χ2v) is 5.88. The van der Waals surface area contributed by atoms with Crippen molar-refractivity contribution in [1.29, 1.82) is 0 Å². The highest BCUT2D eigenvalue weighted by atomic mass is 127. The molecule has 0 bridgehead atoms. The minimum absolute atomic E-state index is 0.0569. The monoisotopic (exact) mass is 383 g/mol. The highest BCUT2D eigenvalue weighted by Crippen LogP contribution is 2.18. The van der Waals surface area contributed by atoms with Crippen LogP contribution >= 0.6 is 22.6 Å². The van der Waals surface area contributed by atoms with Crippen molar-refractivity contribution in [3.05, 3.63) is 63.0 Å². The number of halogens is 2. The third-order valence-electron chi connectivity index (χ3n) is 2.99. The molecule has 0 aliphatic rings. The Balaban J connectivity index is 1.92. The Morgan fingerprint density at radius 3 is 2.75 bits per heavy atom. The molecule has 2 aromatic carbocycles. The normalized spacial score (nSPS) is 10.3. The zero-order chi connectivity index (χ0) is 14.5. The fourth-order valence-corrected chi connectivity index (χ4v) is 2.58. The summed E-state index contributed by atoms with van der Waals surface area (Å²) in [5.41, 5.74) is 2.70. The molecule has 0 unspecified atom stereocenters. The van der Waals surface area contributed by atoms with E-state index in [-0.39, 0.29) is 11.7 Å². The van der Waals surface area contributed by atoms with Gasteiger partial charge in [0.2, 0.25) is 5.91 Å². The van der Waals surface area contributed by atoms with Crippen molar-refractivity contribution in [2.75, 3.05) is 5.32 Å². The van der Waals surface area contributed by atoms with Crippen LogP contribution in [0.4, 0.5) is 10.1 Å². The number of amides is 1. The number of hydrogen-bond acceptors (Lipinski definition) is 1. The third-order valence-corrected chi connectivity index (χ3v) is 3.66. The SMILES string of the molecule is Cc1cc(I)ccc1NC(=O)CCc1cccc(F)c1. The van der Waals surface area contributed by atoms with Crippen LogP contribution in [0.2, 0.25) is 0 Å². The smallest absolute Gasteiger partial charge is 0.224 e. The molecule has 0 saturated heterocycles. The van der Waals surface area contributed by atoms with Gasteiger partial charge in [-0.15, -0.1) is 0 Å². The largest absolute Gasteiger partial charge is 0.326 e. The van der Waals surface area contributed by atoms with Gasteiger partial charge in [0.15, 0.2) is 0 Å². The van der Waals surface area contributed by atoms with Crippen molar-refractivity contribution in [3.63, 3.8) is 0 Å². The molecule has 2 aromatic rings. The first kappa shape index (κ1) is 15.0. The molecule has 20 heavy (non-hydrogen) atoms. The van der Waals surface area contributed by atoms with Crippen LogP contribution in [0.3, 0.4) is 0 Å². The molecule has 2 nitrogen and oxygen atoms in total. The first-order chi connectivity index (χ1) is 9.54. The summed E-state index contributed by atoms with van der Waals surface area (Å²) in [4.78, 5) is 11.9. The number of anilines is 1. The lowest BCUT2D eigenvalue weighted by Crippen LogP contribution is -2.13. The molecule has 1 amide bonds. The van der Waals surface area contributed by atoms with Crippen molar-refractivity contribution in [2.24, 2.45) is 0 Å². The summed E-state index contributed by atoms with van der Waals surface area (Å²) in [5.74, 6) is -0.324. The molecular weight excluding hydrogens is 368 g/mol. The molecule has 1 N–H and O–H groups in total. The van der Waals surface area contributed by atoms with E-state index in [0.717, 1.165) is 20.4 Å². The zero-order valence-corrected chi connectivity index (χ0v) is 13.3. The number of hydrogen-bond donors (Lipinski definition) is 1. The Labute approximate surface area is 131 Å². The molecule has 0 aliphatic carbocycles. The maximum atomic E-state index is 13.0. The second kappa shape index (κ2) is 6.83. The van der Waals surface area contributed by atoms with Crippen LogP contribution in [0.15, 0.2) is 42.5 Å². The van der Waals surface area contributed by atoms with Crippen molar-refractivity contribution in [2.45, 2.75) is 19.8 Å². The lowest BCUT2D eigenvalue weighted by Gasteiger charge is -2.09. The van der Waals surface area contributed by atoms with Crippen LogP contribution in [0.5, 0.6) is 0 Å². The van der Waals surface area contributed by atoms with E-state index in [4.69, 9.17) is 0 Å². The van der Waals surface area contributed by atoms with Gasteiger partial charge >= 0.3 is 0 Å². The van der Waals surface area contributed by atoms with Gasteiger partial charge < -0.3 is 5.32 Å². The summed E-state index contributed by atoms with van der Waals surface area (Å²) in [5, 5.41) is 2.89. The van der Waals surface area contributed by atoms with Gasteiger partial charge in [-0.1, -0.05) is 12.1 Å². The predicted molar refractivity (Wildman–Crippen MR) is 87.2 cm³/mol. The molecule has 0 heterocycles. The number of benzene rings is 2. The number of rotatable bonds is 4. The molecule has 0 saturated carbocycles. The lowest BCUT2D eigenvalue weighted by atomic mass is 10.1. The van der Waals surface area contributed by atoms with Crippen molar-refractivity contribution >= 4 is 34.2 Å². The van der Waals surface area contributed by atoms with Crippen LogP contribution in [0.25, 0.3) is 0 Å². The molecule has 0 spiro atoms. The third kappa shape index (κ3) is 4.30. The topological polar surface area (TPSA) is 29.1 Å². The van der Waals surface area contributed by atoms with E-state index >= 15 is 0 Å². The van der Waals surface area contributed by atoms with E-state index in [0.29, 0.717) is 12.8 Å². The Morgan fingerprint density at radius 2 is 2.05 bits per heavy atom. The Hall–Kier alpha value is -1.43. The minimum atomic E-state index is -0.267. The highest BCUT2D eigenvalue weighted by molar-refractivity contribution is 14.1. The molecule has 0 fully saturated rings. The van der Waals surface area contributed by atoms with Gasteiger partial charge in [-0.2, -0.15) is 0 Å². The zero-order valence-electron chi connectivity index (χ0n) is 11.1. The van der Waals surface area contributed by atoms with Gasteiger partial charge in [-0.05, 0) is 77.4 Å². The van der Waals surface area contributed by atoms with E-state index in [9.17, 15) is 9.18 Å². The van der Waals surface area contributed by atoms with Gasteiger partial charge in [-0.3, -0.25) is 4.79 Å². The lowest BCUT2D eigenvalue weighted by molar-refractivity contribution is -0.116. The van der Waals surface area contributed by atoms with Crippen molar-refractivity contribution in [1.82, 2.24) is 0 Å². The molecule has 0 aromatic heterocycles. The van der Waals surface area contributed by atoms with Crippen LogP contribution < -0.4 is 5.32 Å². The number of carbonyl (C=O) groups excluding carboxylic acids is 1. The van der Waals surface area contributed by atoms with Gasteiger partial charge in [0.25, 0.3) is 0 Å². The van der Waals surface area contributed by atoms with Crippen LogP contribution in [0.1, 0.15) is 17.5 Å². The fraction of sp³-hybridized carbons (Fsp3) is 0.188. The van der Waals surface area contributed by atoms with Crippen molar-refractivity contribution in [3.8, 4) is 0 Å². The predicted octanol–water partition coefficient (Wildman–Crippen LogP) is 4.31. The average Bonchev–Trinajstić information content (AvgIpc) is 2.40. The molecule has 0 aliphatic heterocycles. The quantitative estimate of drug-likeness (QED) is 0.784. The summed E-state index contributed by atoms with van der Waals surface area (Å²) in [6, 6.07) is 12.2. The van der Waals surface area contributed by atoms with Gasteiger partial charge in [0.05, 0.1) is 0 Å². The Morgan fingerprint density at radius 1 is 1.25 bits per heavy atom. The maximum Gasteiger partial charge on any atom is 0.224 e. The summed E-state index contributed by atoms with van der Waals surface area (Å²) in [6.07, 6.45) is 0.877. The summed E-state index contributed by atoms with van der Waals surface area (Å²) >= 11 is 2.23. The first-order valence-electron chi connectivity index (χ1n) is 6.35. The summed E-state index contributed by atoms with van der Waals surface area (Å²) in [6.45, 7) is 1.96. The van der Waals surface area contributed by atoms with E-state index in [1.54, 1.807) is 6.07 Å². The Bertz CT molecular complexity index is 628. The average molecular weight is 383 g/mol. The fourth-order valence-electron chi connectivity index (χ4n) is 1.93. The van der Waals surface area contributed by atoms with Crippen molar-refractivity contribution < 1.29 is 9.18 Å². The number of carbonyl (C=O) groups is 1. The molecule has 0 atom stereocenters. The van der Waals surface area contributed by atoms with Crippen LogP contribution in [-0.4, -0.2) is 5.91 Å². The van der Waals surface area contributed by atoms with E-state index in [1.807, 2.05) is 31.2 Å². The Kier molecular flexibility index (Phi) is 5.11. The molecule has 0 radical (unpaired) electrons. The minimum Gasteiger partial charge on any atom is -0.326 e. The molecule has 104 valence electrons. The molecule has 2 rings (SSSR count). The van der Waals surface area contributed by atoms with E-state index < -0.39 is 0 Å². The van der Waals surface area contributed by atoms with E-state index in [2.05, 4.69) is 27.9 Å². The first-order valence-corrected chi connectivity index (χ1v) is 7.43. The maximum absolute atomic E-state index is 13.0. The van der Waals surface area contributed by atoms with Gasteiger partial charge in [-0.25, -0.2) is 4.39 Å². The summed E-state index contributed by atoms with van der Waals surface area (Å²) in [7, 11) is 0. The number of nitrogens with one attached hydrogen (secondary N) is 1. The van der Waals surface area contributed by atoms with E-state index in [1.165, 1.54) is 12.1 Å². The number of aryl methyl sites for hydroxylation is 2. The van der Waals surface area contributed by atoms with Crippen LogP contribution in [0, 0.1) is 16.3 Å². The van der Waals surface area contributed by atoms with Crippen LogP contribution in [-0.2, 0) is 11.2 Å². The standard InChI is InChI=1S/C16H15FINO/c1-11-9-14(18)6-7-15(11)19-16(20)8-5-12-3-2-4-13(17)10-12/h2-4,6-7,9-10H,5,8H2,1H3,(H,19,20). The highest BCUT2D eigenvalue weighted by Gasteiger charge is 2.06. The van der Waals surface area contributed by atoms with Gasteiger partial charge in [0, 0.05) is 15.7 Å². The van der Waals surface area contributed by atoms with Gasteiger partial charge in [0.1, 0.15) is 5.82 Å². The summed E-state index contributed by atoms with van der Waals surface area (Å²) < 4.78 is 14.2. The second-order valence-electron chi connectivity index (χ2n) is 4.64.